The Balaban J connectivity index is 2.50. The van der Waals surface area contributed by atoms with E-state index in [4.69, 9.17) is 5.26 Å². The Morgan fingerprint density at radius 2 is 2.09 bits per heavy atom. The zero-order valence-electron chi connectivity index (χ0n) is 12.0. The lowest BCUT2D eigenvalue weighted by molar-refractivity contribution is -0.138. The number of hydrogen-bond acceptors (Lipinski definition) is 4. The molecule has 1 N–H and O–H groups in total. The van der Waals surface area contributed by atoms with Gasteiger partial charge in [0, 0.05) is 28.4 Å². The van der Waals surface area contributed by atoms with E-state index in [9.17, 15) is 14.3 Å². The first-order chi connectivity index (χ1) is 10.3. The molecule has 0 radical (unpaired) electrons. The summed E-state index contributed by atoms with van der Waals surface area (Å²) in [6.45, 7) is 3.17. The van der Waals surface area contributed by atoms with Crippen LogP contribution in [0.25, 0.3) is 11.1 Å². The average Bonchev–Trinajstić information content (AvgIpc) is 2.47. The fourth-order valence-corrected chi connectivity index (χ4v) is 2.83. The molecule has 0 atom stereocenters. The second kappa shape index (κ2) is 6.16. The molecule has 1 aromatic carbocycles. The van der Waals surface area contributed by atoms with Crippen LogP contribution in [-0.2, 0) is 4.79 Å². The highest BCUT2D eigenvalue weighted by Gasteiger charge is 2.29. The lowest BCUT2D eigenvalue weighted by Crippen LogP contribution is -2.27. The number of nitrogens with zero attached hydrogens (tertiary/aromatic N) is 2. The molecule has 22 heavy (non-hydrogen) atoms. The second-order valence-electron chi connectivity index (χ2n) is 5.10. The van der Waals surface area contributed by atoms with Crippen molar-refractivity contribution in [3.05, 3.63) is 48.0 Å². The van der Waals surface area contributed by atoms with Gasteiger partial charge in [-0.1, -0.05) is 6.07 Å². The molecular weight excluding hydrogens is 303 g/mol. The van der Waals surface area contributed by atoms with Crippen molar-refractivity contribution in [2.24, 2.45) is 0 Å². The Kier molecular flexibility index (Phi) is 4.48. The van der Waals surface area contributed by atoms with Crippen LogP contribution in [0.1, 0.15) is 19.4 Å². The number of pyridine rings is 1. The van der Waals surface area contributed by atoms with Gasteiger partial charge in [0.15, 0.2) is 0 Å². The molecule has 1 heterocycles. The molecular formula is C16H13FN2O2S. The fraction of sp³-hybridized carbons (Fsp3) is 0.188. The van der Waals surface area contributed by atoms with Crippen LogP contribution < -0.4 is 0 Å². The van der Waals surface area contributed by atoms with Crippen molar-refractivity contribution < 1.29 is 14.3 Å². The van der Waals surface area contributed by atoms with E-state index in [0.29, 0.717) is 10.5 Å². The monoisotopic (exact) mass is 316 g/mol. The number of hydrogen-bond donors (Lipinski definition) is 1. The number of rotatable bonds is 4. The van der Waals surface area contributed by atoms with E-state index in [0.717, 1.165) is 17.8 Å². The topological polar surface area (TPSA) is 74.0 Å². The molecule has 2 rings (SSSR count). The van der Waals surface area contributed by atoms with Gasteiger partial charge in [-0.2, -0.15) is 5.26 Å². The third kappa shape index (κ3) is 3.26. The van der Waals surface area contributed by atoms with Gasteiger partial charge in [-0.25, -0.2) is 4.39 Å². The Hall–Kier alpha value is -2.39. The number of aromatic nitrogens is 1. The number of nitriles is 1. The summed E-state index contributed by atoms with van der Waals surface area (Å²) >= 11 is 1.12. The summed E-state index contributed by atoms with van der Waals surface area (Å²) in [7, 11) is 0. The summed E-state index contributed by atoms with van der Waals surface area (Å²) in [6.07, 6.45) is 3.02. The third-order valence-electron chi connectivity index (χ3n) is 3.05. The molecule has 6 heteroatoms. The largest absolute Gasteiger partial charge is 0.480 e. The van der Waals surface area contributed by atoms with Crippen molar-refractivity contribution in [2.45, 2.75) is 23.5 Å². The number of carbonyl (C=O) groups is 1. The van der Waals surface area contributed by atoms with Crippen molar-refractivity contribution in [2.75, 3.05) is 0 Å². The summed E-state index contributed by atoms with van der Waals surface area (Å²) in [6, 6.07) is 7.70. The Bertz CT molecular complexity index is 769. The minimum atomic E-state index is -1.06. The number of halogens is 1. The van der Waals surface area contributed by atoms with Gasteiger partial charge in [0.2, 0.25) is 0 Å². The van der Waals surface area contributed by atoms with E-state index in [1.807, 2.05) is 6.07 Å². The molecule has 1 aromatic heterocycles. The van der Waals surface area contributed by atoms with Crippen LogP contribution in [0.2, 0.25) is 0 Å². The predicted molar refractivity (Wildman–Crippen MR) is 81.9 cm³/mol. The molecule has 0 unspecified atom stereocenters. The van der Waals surface area contributed by atoms with Crippen LogP contribution in [-0.4, -0.2) is 20.8 Å². The van der Waals surface area contributed by atoms with Crippen molar-refractivity contribution in [3.8, 4) is 17.2 Å². The highest BCUT2D eigenvalue weighted by atomic mass is 32.2. The van der Waals surface area contributed by atoms with Gasteiger partial charge in [-0.15, -0.1) is 11.8 Å². The van der Waals surface area contributed by atoms with Crippen molar-refractivity contribution >= 4 is 17.7 Å². The van der Waals surface area contributed by atoms with E-state index in [-0.39, 0.29) is 11.1 Å². The van der Waals surface area contributed by atoms with Gasteiger partial charge < -0.3 is 5.11 Å². The SMILES string of the molecule is CC(C)(Sc1ccncc1-c1ccc(C#N)cc1F)C(=O)O. The van der Waals surface area contributed by atoms with Crippen LogP contribution in [0.3, 0.4) is 0 Å². The Morgan fingerprint density at radius 1 is 1.36 bits per heavy atom. The smallest absolute Gasteiger partial charge is 0.319 e. The zero-order valence-corrected chi connectivity index (χ0v) is 12.8. The van der Waals surface area contributed by atoms with Crippen LogP contribution in [0, 0.1) is 17.1 Å². The van der Waals surface area contributed by atoms with Gasteiger partial charge in [-0.3, -0.25) is 9.78 Å². The molecule has 0 bridgehead atoms. The second-order valence-corrected chi connectivity index (χ2v) is 6.76. The molecule has 0 aliphatic rings. The lowest BCUT2D eigenvalue weighted by Gasteiger charge is -2.20. The minimum absolute atomic E-state index is 0.227. The average molecular weight is 316 g/mol. The number of aliphatic carboxylic acids is 1. The van der Waals surface area contributed by atoms with E-state index in [2.05, 4.69) is 4.98 Å². The molecule has 0 saturated carbocycles. The molecule has 0 spiro atoms. The van der Waals surface area contributed by atoms with E-state index in [1.54, 1.807) is 19.9 Å². The molecule has 4 nitrogen and oxygen atoms in total. The summed E-state index contributed by atoms with van der Waals surface area (Å²) in [5.74, 6) is -1.50. The number of carboxylic acid groups (broad SMARTS) is 1. The number of thioether (sulfide) groups is 1. The van der Waals surface area contributed by atoms with Crippen LogP contribution in [0.15, 0.2) is 41.6 Å². The van der Waals surface area contributed by atoms with Crippen molar-refractivity contribution in [3.63, 3.8) is 0 Å². The normalized spacial score (nSPS) is 11.0. The molecule has 0 saturated heterocycles. The molecule has 2 aromatic rings. The van der Waals surface area contributed by atoms with Gasteiger partial charge in [-0.05, 0) is 32.0 Å². The zero-order chi connectivity index (χ0) is 16.3. The maximum absolute atomic E-state index is 14.2. The molecule has 0 aliphatic carbocycles. The Labute approximate surface area is 131 Å². The minimum Gasteiger partial charge on any atom is -0.480 e. The molecule has 0 aliphatic heterocycles. The first-order valence-corrected chi connectivity index (χ1v) is 7.23. The van der Waals surface area contributed by atoms with E-state index in [1.165, 1.54) is 24.5 Å². The van der Waals surface area contributed by atoms with Crippen LogP contribution in [0.4, 0.5) is 4.39 Å². The number of benzene rings is 1. The first-order valence-electron chi connectivity index (χ1n) is 6.41. The molecule has 112 valence electrons. The maximum atomic E-state index is 14.2. The summed E-state index contributed by atoms with van der Waals surface area (Å²) in [4.78, 5) is 15.9. The summed E-state index contributed by atoms with van der Waals surface area (Å²) < 4.78 is 13.1. The fourth-order valence-electron chi connectivity index (χ4n) is 1.79. The van der Waals surface area contributed by atoms with Gasteiger partial charge in [0.05, 0.1) is 11.6 Å². The standard InChI is InChI=1S/C16H13FN2O2S/c1-16(2,15(20)21)22-14-5-6-19-9-12(14)11-4-3-10(8-18)7-13(11)17/h3-7,9H,1-2H3,(H,20,21). The van der Waals surface area contributed by atoms with Crippen molar-refractivity contribution in [1.29, 1.82) is 5.26 Å². The van der Waals surface area contributed by atoms with Crippen LogP contribution in [0.5, 0.6) is 0 Å². The van der Waals surface area contributed by atoms with Crippen LogP contribution >= 0.6 is 11.8 Å². The summed E-state index contributed by atoms with van der Waals surface area (Å²) in [5, 5.41) is 18.0. The number of carboxylic acids is 1. The van der Waals surface area contributed by atoms with E-state index >= 15 is 0 Å². The lowest BCUT2D eigenvalue weighted by atomic mass is 10.1. The third-order valence-corrected chi connectivity index (χ3v) is 4.31. The summed E-state index contributed by atoms with van der Waals surface area (Å²) in [5.41, 5.74) is 1.02. The molecule has 0 amide bonds. The quantitative estimate of drug-likeness (QED) is 0.870. The highest BCUT2D eigenvalue weighted by molar-refractivity contribution is 8.01. The molecule has 0 fully saturated rings. The van der Waals surface area contributed by atoms with Gasteiger partial charge in [0.25, 0.3) is 0 Å². The van der Waals surface area contributed by atoms with E-state index < -0.39 is 16.5 Å². The van der Waals surface area contributed by atoms with Gasteiger partial charge in [0.1, 0.15) is 10.6 Å². The maximum Gasteiger partial charge on any atom is 0.319 e. The predicted octanol–water partition coefficient (Wildman–Crippen LogP) is 3.71. The Morgan fingerprint density at radius 3 is 2.68 bits per heavy atom. The van der Waals surface area contributed by atoms with Gasteiger partial charge >= 0.3 is 5.97 Å². The highest BCUT2D eigenvalue weighted by Crippen LogP contribution is 2.39. The van der Waals surface area contributed by atoms with Crippen molar-refractivity contribution in [1.82, 2.24) is 4.98 Å². The first kappa shape index (κ1) is 16.0.